The van der Waals surface area contributed by atoms with Gasteiger partial charge in [0.25, 0.3) is 6.43 Å². The summed E-state index contributed by atoms with van der Waals surface area (Å²) in [6, 6.07) is 7.87. The van der Waals surface area contributed by atoms with Crippen molar-refractivity contribution in [3.8, 4) is 0 Å². The van der Waals surface area contributed by atoms with E-state index >= 15 is 0 Å². The Balaban J connectivity index is 2.30. The highest BCUT2D eigenvalue weighted by atomic mass is 79.9. The van der Waals surface area contributed by atoms with Crippen LogP contribution in [0.2, 0.25) is 0 Å². The first kappa shape index (κ1) is 18.5. The van der Waals surface area contributed by atoms with Gasteiger partial charge in [-0.2, -0.15) is 0 Å². The minimum atomic E-state index is -2.77. The Morgan fingerprint density at radius 1 is 1.12 bits per heavy atom. The van der Waals surface area contributed by atoms with Gasteiger partial charge in [-0.15, -0.1) is 0 Å². The maximum atomic E-state index is 14.4. The maximum Gasteiger partial charge on any atom is 0.256 e. The van der Waals surface area contributed by atoms with Gasteiger partial charge >= 0.3 is 0 Å². The molecule has 0 aliphatic carbocycles. The third-order valence-electron chi connectivity index (χ3n) is 3.62. The van der Waals surface area contributed by atoms with Crippen LogP contribution in [0.3, 0.4) is 0 Å². The number of alkyl halides is 2. The number of benzene rings is 2. The minimum Gasteiger partial charge on any atom is -0.324 e. The van der Waals surface area contributed by atoms with E-state index in [4.69, 9.17) is 5.73 Å². The highest BCUT2D eigenvalue weighted by Crippen LogP contribution is 2.34. The van der Waals surface area contributed by atoms with E-state index in [1.165, 1.54) is 30.3 Å². The molecule has 1 heterocycles. The summed E-state index contributed by atoms with van der Waals surface area (Å²) in [5, 5.41) is -0.0364. The molecule has 0 aliphatic heterocycles. The zero-order valence-corrected chi connectivity index (χ0v) is 14.9. The second-order valence-corrected chi connectivity index (χ2v) is 6.35. The third-order valence-corrected chi connectivity index (χ3v) is 4.08. The van der Waals surface area contributed by atoms with Crippen LogP contribution in [-0.2, 0) is 6.54 Å². The molecule has 1 aromatic heterocycles. The molecule has 2 N–H and O–H groups in total. The van der Waals surface area contributed by atoms with Crippen molar-refractivity contribution < 1.29 is 17.6 Å². The Labute approximate surface area is 154 Å². The number of nitrogens with two attached hydrogens (primary N) is 1. The van der Waals surface area contributed by atoms with Crippen LogP contribution in [0, 0.1) is 11.6 Å². The lowest BCUT2D eigenvalue weighted by Gasteiger charge is -2.25. The molecule has 3 aromatic rings. The van der Waals surface area contributed by atoms with Crippen LogP contribution in [-0.4, -0.2) is 22.9 Å². The first-order chi connectivity index (χ1) is 12.4. The van der Waals surface area contributed by atoms with E-state index in [-0.39, 0.29) is 34.8 Å². The van der Waals surface area contributed by atoms with Crippen LogP contribution >= 0.6 is 15.9 Å². The van der Waals surface area contributed by atoms with Crippen molar-refractivity contribution in [1.82, 2.24) is 9.97 Å². The summed E-state index contributed by atoms with van der Waals surface area (Å²) >= 11 is 3.13. The van der Waals surface area contributed by atoms with Gasteiger partial charge in [0.05, 0.1) is 24.0 Å². The molecule has 0 atom stereocenters. The first-order valence-corrected chi connectivity index (χ1v) is 8.35. The standard InChI is InChI=1S/C17H13BrF4N4/c18-9-4-10(19)6-11(5-9)26(8-14(21)22)17-16-12(20)2-1-3-13(16)24-15(7-23)25-17/h1-6,14H,7-8,23H2. The van der Waals surface area contributed by atoms with Crippen molar-refractivity contribution in [2.45, 2.75) is 13.0 Å². The van der Waals surface area contributed by atoms with Gasteiger partial charge in [-0.1, -0.05) is 22.0 Å². The van der Waals surface area contributed by atoms with Gasteiger partial charge in [-0.3, -0.25) is 0 Å². The van der Waals surface area contributed by atoms with Gasteiger partial charge in [0.1, 0.15) is 23.3 Å². The summed E-state index contributed by atoms with van der Waals surface area (Å²) in [6.45, 7) is -0.866. The lowest BCUT2D eigenvalue weighted by molar-refractivity contribution is 0.157. The summed E-state index contributed by atoms with van der Waals surface area (Å²) in [7, 11) is 0. The molecule has 0 saturated carbocycles. The molecule has 136 valence electrons. The highest BCUT2D eigenvalue weighted by molar-refractivity contribution is 9.10. The van der Waals surface area contributed by atoms with E-state index in [9.17, 15) is 17.6 Å². The molecular weight excluding hydrogens is 416 g/mol. The number of hydrogen-bond donors (Lipinski definition) is 1. The van der Waals surface area contributed by atoms with Crippen molar-refractivity contribution in [3.05, 3.63) is 58.3 Å². The molecular formula is C17H13BrF4N4. The zero-order valence-electron chi connectivity index (χ0n) is 13.3. The van der Waals surface area contributed by atoms with Crippen LogP contribution in [0.4, 0.5) is 29.1 Å². The lowest BCUT2D eigenvalue weighted by Crippen LogP contribution is -2.26. The van der Waals surface area contributed by atoms with Crippen LogP contribution in [0.1, 0.15) is 5.82 Å². The largest absolute Gasteiger partial charge is 0.324 e. The monoisotopic (exact) mass is 428 g/mol. The lowest BCUT2D eigenvalue weighted by atomic mass is 10.2. The summed E-state index contributed by atoms with van der Waals surface area (Å²) in [4.78, 5) is 9.34. The fourth-order valence-electron chi connectivity index (χ4n) is 2.60. The predicted octanol–water partition coefficient (Wildman–Crippen LogP) is 4.53. The van der Waals surface area contributed by atoms with Crippen molar-refractivity contribution in [2.24, 2.45) is 5.73 Å². The van der Waals surface area contributed by atoms with Crippen LogP contribution in [0.15, 0.2) is 40.9 Å². The van der Waals surface area contributed by atoms with E-state index in [0.29, 0.717) is 4.47 Å². The van der Waals surface area contributed by atoms with Crippen molar-refractivity contribution in [3.63, 3.8) is 0 Å². The molecule has 4 nitrogen and oxygen atoms in total. The van der Waals surface area contributed by atoms with E-state index in [2.05, 4.69) is 25.9 Å². The van der Waals surface area contributed by atoms with E-state index in [0.717, 1.165) is 11.0 Å². The molecule has 9 heteroatoms. The van der Waals surface area contributed by atoms with E-state index < -0.39 is 24.6 Å². The zero-order chi connectivity index (χ0) is 18.8. The Morgan fingerprint density at radius 3 is 2.54 bits per heavy atom. The Hall–Kier alpha value is -2.26. The van der Waals surface area contributed by atoms with Crippen molar-refractivity contribution in [1.29, 1.82) is 0 Å². The molecule has 0 amide bonds. The molecule has 0 saturated heterocycles. The first-order valence-electron chi connectivity index (χ1n) is 7.56. The highest BCUT2D eigenvalue weighted by Gasteiger charge is 2.22. The van der Waals surface area contributed by atoms with Gasteiger partial charge < -0.3 is 10.6 Å². The second-order valence-electron chi connectivity index (χ2n) is 5.43. The van der Waals surface area contributed by atoms with E-state index in [1.807, 2.05) is 0 Å². The molecule has 26 heavy (non-hydrogen) atoms. The van der Waals surface area contributed by atoms with Gasteiger partial charge in [-0.25, -0.2) is 27.5 Å². The smallest absolute Gasteiger partial charge is 0.256 e. The number of halogens is 5. The molecule has 0 bridgehead atoms. The van der Waals surface area contributed by atoms with Crippen molar-refractivity contribution >= 4 is 38.3 Å². The number of nitrogens with zero attached hydrogens (tertiary/aromatic N) is 3. The Kier molecular flexibility index (Phi) is 5.38. The summed E-state index contributed by atoms with van der Waals surface area (Å²) in [5.74, 6) is -1.23. The number of rotatable bonds is 5. The van der Waals surface area contributed by atoms with Crippen LogP contribution < -0.4 is 10.6 Å². The topological polar surface area (TPSA) is 55.0 Å². The second kappa shape index (κ2) is 7.55. The molecule has 2 aromatic carbocycles. The number of fused-ring (bicyclic) bond motifs is 1. The van der Waals surface area contributed by atoms with Crippen LogP contribution in [0.5, 0.6) is 0 Å². The molecule has 0 fully saturated rings. The van der Waals surface area contributed by atoms with Crippen LogP contribution in [0.25, 0.3) is 10.9 Å². The predicted molar refractivity (Wildman–Crippen MR) is 94.5 cm³/mol. The van der Waals surface area contributed by atoms with Gasteiger partial charge in [-0.05, 0) is 30.3 Å². The summed E-state index contributed by atoms with van der Waals surface area (Å²) in [6.07, 6.45) is -2.77. The number of anilines is 2. The van der Waals surface area contributed by atoms with Gasteiger partial charge in [0.2, 0.25) is 0 Å². The number of hydrogen-bond acceptors (Lipinski definition) is 4. The molecule has 0 spiro atoms. The average molecular weight is 429 g/mol. The SMILES string of the molecule is NCc1nc(N(CC(F)F)c2cc(F)cc(Br)c2)c2c(F)cccc2n1. The Bertz CT molecular complexity index is 931. The number of aromatic nitrogens is 2. The quantitative estimate of drug-likeness (QED) is 0.606. The fraction of sp³-hybridized carbons (Fsp3) is 0.176. The molecule has 0 unspecified atom stereocenters. The normalized spacial score (nSPS) is 11.3. The average Bonchev–Trinajstić information content (AvgIpc) is 2.58. The fourth-order valence-corrected chi connectivity index (χ4v) is 3.06. The summed E-state index contributed by atoms with van der Waals surface area (Å²) in [5.41, 5.74) is 5.91. The van der Waals surface area contributed by atoms with E-state index in [1.54, 1.807) is 0 Å². The van der Waals surface area contributed by atoms with Crippen molar-refractivity contribution in [2.75, 3.05) is 11.4 Å². The third kappa shape index (κ3) is 3.78. The molecule has 0 radical (unpaired) electrons. The Morgan fingerprint density at radius 2 is 1.88 bits per heavy atom. The molecule has 3 rings (SSSR count). The maximum absolute atomic E-state index is 14.4. The minimum absolute atomic E-state index is 0.0364. The molecule has 0 aliphatic rings. The van der Waals surface area contributed by atoms with Gasteiger partial charge in [0, 0.05) is 10.2 Å². The summed E-state index contributed by atoms with van der Waals surface area (Å²) < 4.78 is 55.1. The van der Waals surface area contributed by atoms with Gasteiger partial charge in [0.15, 0.2) is 0 Å².